The van der Waals surface area contributed by atoms with E-state index >= 15 is 0 Å². The van der Waals surface area contributed by atoms with Gasteiger partial charge in [0.05, 0.1) is 5.88 Å². The first kappa shape index (κ1) is 9.86. The van der Waals surface area contributed by atoms with Gasteiger partial charge in [-0.2, -0.15) is 11.8 Å². The number of aromatic nitrogens is 3. The summed E-state index contributed by atoms with van der Waals surface area (Å²) >= 11 is 7.50. The molecule has 0 spiro atoms. The second-order valence-electron chi connectivity index (χ2n) is 2.59. The van der Waals surface area contributed by atoms with Crippen molar-refractivity contribution >= 4 is 23.4 Å². The van der Waals surface area contributed by atoms with Crippen LogP contribution < -0.4 is 0 Å². The summed E-state index contributed by atoms with van der Waals surface area (Å²) in [4.78, 5) is 0. The van der Waals surface area contributed by atoms with Gasteiger partial charge in [-0.15, -0.1) is 21.8 Å². The summed E-state index contributed by atoms with van der Waals surface area (Å²) in [5.74, 6) is 2.33. The van der Waals surface area contributed by atoms with Gasteiger partial charge in [0.25, 0.3) is 0 Å². The number of hydrogen-bond acceptors (Lipinski definition) is 3. The summed E-state index contributed by atoms with van der Waals surface area (Å²) in [6.45, 7) is 2.13. The second-order valence-corrected chi connectivity index (χ2v) is 3.77. The van der Waals surface area contributed by atoms with Crippen LogP contribution in [0.5, 0.6) is 0 Å². The molecule has 0 N–H and O–H groups in total. The fourth-order valence-electron chi connectivity index (χ4n) is 1.05. The van der Waals surface area contributed by atoms with Crippen molar-refractivity contribution in [2.24, 2.45) is 0 Å². The van der Waals surface area contributed by atoms with E-state index in [0.717, 1.165) is 11.6 Å². The Balaban J connectivity index is 2.71. The molecule has 1 heterocycles. The standard InChI is InChI=1S/C7H12ClN3S/c1-6(4-12-2)11-5-9-10-7(11)3-8/h5-6H,3-4H2,1-2H3. The average molecular weight is 206 g/mol. The second kappa shape index (κ2) is 4.72. The zero-order valence-corrected chi connectivity index (χ0v) is 8.77. The molecule has 0 radical (unpaired) electrons. The van der Waals surface area contributed by atoms with Gasteiger partial charge in [0.15, 0.2) is 0 Å². The molecule has 1 aromatic heterocycles. The molecule has 3 nitrogen and oxygen atoms in total. The Morgan fingerprint density at radius 2 is 2.50 bits per heavy atom. The smallest absolute Gasteiger partial charge is 0.148 e. The maximum absolute atomic E-state index is 5.69. The molecule has 1 atom stereocenters. The minimum Gasteiger partial charge on any atom is -0.313 e. The summed E-state index contributed by atoms with van der Waals surface area (Å²) in [7, 11) is 0. The lowest BCUT2D eigenvalue weighted by Crippen LogP contribution is -2.09. The molecule has 12 heavy (non-hydrogen) atoms. The molecule has 0 bridgehead atoms. The van der Waals surface area contributed by atoms with Crippen LogP contribution >= 0.6 is 23.4 Å². The normalized spacial score (nSPS) is 13.2. The largest absolute Gasteiger partial charge is 0.313 e. The molecular formula is C7H12ClN3S. The molecule has 0 aliphatic heterocycles. The Hall–Kier alpha value is -0.220. The third-order valence-corrected chi connectivity index (χ3v) is 2.70. The van der Waals surface area contributed by atoms with E-state index in [1.165, 1.54) is 0 Å². The summed E-state index contributed by atoms with van der Waals surface area (Å²) in [5.41, 5.74) is 0. The molecule has 1 aromatic rings. The lowest BCUT2D eigenvalue weighted by molar-refractivity contribution is 0.588. The van der Waals surface area contributed by atoms with E-state index in [1.807, 2.05) is 16.3 Å². The zero-order chi connectivity index (χ0) is 8.97. The van der Waals surface area contributed by atoms with Crippen molar-refractivity contribution in [3.05, 3.63) is 12.2 Å². The lowest BCUT2D eigenvalue weighted by atomic mass is 10.4. The van der Waals surface area contributed by atoms with E-state index in [9.17, 15) is 0 Å². The van der Waals surface area contributed by atoms with Crippen molar-refractivity contribution < 1.29 is 0 Å². The van der Waals surface area contributed by atoms with Gasteiger partial charge in [0, 0.05) is 11.8 Å². The first-order chi connectivity index (χ1) is 5.79. The van der Waals surface area contributed by atoms with Gasteiger partial charge in [-0.1, -0.05) is 0 Å². The van der Waals surface area contributed by atoms with E-state index < -0.39 is 0 Å². The minimum absolute atomic E-state index is 0.420. The summed E-state index contributed by atoms with van der Waals surface area (Å²) in [5, 5.41) is 7.73. The highest BCUT2D eigenvalue weighted by Crippen LogP contribution is 2.13. The molecule has 1 rings (SSSR count). The van der Waals surface area contributed by atoms with Gasteiger partial charge in [-0.25, -0.2) is 0 Å². The van der Waals surface area contributed by atoms with Crippen LogP contribution in [0.15, 0.2) is 6.33 Å². The quantitative estimate of drug-likeness (QED) is 0.704. The van der Waals surface area contributed by atoms with Gasteiger partial charge < -0.3 is 4.57 Å². The van der Waals surface area contributed by atoms with Gasteiger partial charge in [-0.3, -0.25) is 0 Å². The summed E-state index contributed by atoms with van der Waals surface area (Å²) in [6.07, 6.45) is 3.82. The SMILES string of the molecule is CSCC(C)n1cnnc1CCl. The number of rotatable bonds is 4. The highest BCUT2D eigenvalue weighted by atomic mass is 35.5. The average Bonchev–Trinajstić information content (AvgIpc) is 2.51. The topological polar surface area (TPSA) is 30.7 Å². The van der Waals surface area contributed by atoms with Crippen molar-refractivity contribution in [1.82, 2.24) is 14.8 Å². The van der Waals surface area contributed by atoms with Crippen molar-refractivity contribution in [2.45, 2.75) is 18.8 Å². The third kappa shape index (κ3) is 2.14. The van der Waals surface area contributed by atoms with Gasteiger partial charge in [-0.05, 0) is 13.2 Å². The van der Waals surface area contributed by atoms with Crippen LogP contribution in [0.2, 0.25) is 0 Å². The number of nitrogens with zero attached hydrogens (tertiary/aromatic N) is 3. The Bertz CT molecular complexity index is 238. The first-order valence-corrected chi connectivity index (χ1v) is 5.65. The van der Waals surface area contributed by atoms with Crippen LogP contribution in [0.1, 0.15) is 18.8 Å². The minimum atomic E-state index is 0.420. The van der Waals surface area contributed by atoms with E-state index in [-0.39, 0.29) is 0 Å². The molecular weight excluding hydrogens is 194 g/mol. The highest BCUT2D eigenvalue weighted by Gasteiger charge is 2.08. The Kier molecular flexibility index (Phi) is 3.88. The van der Waals surface area contributed by atoms with Crippen LogP contribution in [-0.2, 0) is 5.88 Å². The van der Waals surface area contributed by atoms with Crippen molar-refractivity contribution in [3.8, 4) is 0 Å². The molecule has 5 heteroatoms. The van der Waals surface area contributed by atoms with E-state index in [4.69, 9.17) is 11.6 Å². The predicted octanol–water partition coefficient (Wildman–Crippen LogP) is 1.94. The monoisotopic (exact) mass is 205 g/mol. The van der Waals surface area contributed by atoms with Crippen molar-refractivity contribution in [3.63, 3.8) is 0 Å². The maximum Gasteiger partial charge on any atom is 0.148 e. The summed E-state index contributed by atoms with van der Waals surface area (Å²) in [6, 6.07) is 0.420. The van der Waals surface area contributed by atoms with Gasteiger partial charge in [0.1, 0.15) is 12.2 Å². The van der Waals surface area contributed by atoms with Gasteiger partial charge >= 0.3 is 0 Å². The van der Waals surface area contributed by atoms with E-state index in [2.05, 4.69) is 23.4 Å². The van der Waals surface area contributed by atoms with Crippen LogP contribution in [0.4, 0.5) is 0 Å². The zero-order valence-electron chi connectivity index (χ0n) is 7.20. The van der Waals surface area contributed by atoms with Gasteiger partial charge in [0.2, 0.25) is 0 Å². The number of alkyl halides is 1. The molecule has 0 saturated heterocycles. The first-order valence-electron chi connectivity index (χ1n) is 3.73. The van der Waals surface area contributed by atoms with Crippen LogP contribution in [0.3, 0.4) is 0 Å². The van der Waals surface area contributed by atoms with E-state index in [1.54, 1.807) is 6.33 Å². The summed E-state index contributed by atoms with van der Waals surface area (Å²) < 4.78 is 2.02. The molecule has 0 aliphatic carbocycles. The third-order valence-electron chi connectivity index (χ3n) is 1.65. The molecule has 0 fully saturated rings. The number of halogens is 1. The molecule has 0 saturated carbocycles. The number of hydrogen-bond donors (Lipinski definition) is 0. The Labute approximate surface area is 81.5 Å². The molecule has 0 aromatic carbocycles. The molecule has 68 valence electrons. The maximum atomic E-state index is 5.69. The van der Waals surface area contributed by atoms with Crippen molar-refractivity contribution in [2.75, 3.05) is 12.0 Å². The molecule has 0 aliphatic rings. The predicted molar refractivity (Wildman–Crippen MR) is 52.7 cm³/mol. The Morgan fingerprint density at radius 1 is 1.75 bits per heavy atom. The fraction of sp³-hybridized carbons (Fsp3) is 0.714. The highest BCUT2D eigenvalue weighted by molar-refractivity contribution is 7.98. The number of thioether (sulfide) groups is 1. The van der Waals surface area contributed by atoms with Crippen LogP contribution in [-0.4, -0.2) is 26.8 Å². The molecule has 1 unspecified atom stereocenters. The van der Waals surface area contributed by atoms with E-state index in [0.29, 0.717) is 11.9 Å². The van der Waals surface area contributed by atoms with Crippen LogP contribution in [0, 0.1) is 0 Å². The Morgan fingerprint density at radius 3 is 3.08 bits per heavy atom. The van der Waals surface area contributed by atoms with Crippen molar-refractivity contribution in [1.29, 1.82) is 0 Å². The lowest BCUT2D eigenvalue weighted by Gasteiger charge is -2.12. The molecule has 0 amide bonds. The van der Waals surface area contributed by atoms with Crippen LogP contribution in [0.25, 0.3) is 0 Å². The fourth-order valence-corrected chi connectivity index (χ4v) is 1.89.